The van der Waals surface area contributed by atoms with Crippen molar-refractivity contribution >= 4 is 52.5 Å². The molecule has 3 aromatic rings. The Kier molecular flexibility index (Phi) is 9.41. The molecule has 0 spiro atoms. The minimum atomic E-state index is -1.02. The zero-order valence-corrected chi connectivity index (χ0v) is 23.3. The van der Waals surface area contributed by atoms with Crippen molar-refractivity contribution in [3.05, 3.63) is 95.3 Å². The quantitative estimate of drug-likeness (QED) is 0.273. The first-order valence-corrected chi connectivity index (χ1v) is 13.4. The van der Waals surface area contributed by atoms with Crippen LogP contribution < -0.4 is 10.2 Å². The Bertz CT molecular complexity index is 1460. The summed E-state index contributed by atoms with van der Waals surface area (Å²) < 4.78 is 24.5. The second-order valence-corrected chi connectivity index (χ2v) is 9.37. The van der Waals surface area contributed by atoms with Crippen molar-refractivity contribution in [3.8, 4) is 0 Å². The lowest BCUT2D eigenvalue weighted by molar-refractivity contribution is -0.124. The number of esters is 2. The Hall–Kier alpha value is -4.64. The lowest BCUT2D eigenvalue weighted by Gasteiger charge is -2.24. The molecule has 3 aromatic carbocycles. The van der Waals surface area contributed by atoms with Gasteiger partial charge in [0.15, 0.2) is 5.11 Å². The summed E-state index contributed by atoms with van der Waals surface area (Å²) in [7, 11) is 0. The molecule has 11 heteroatoms. The molecule has 1 heterocycles. The van der Waals surface area contributed by atoms with Crippen molar-refractivity contribution in [1.29, 1.82) is 0 Å². The number of nitrogens with zero attached hydrogens (tertiary/aromatic N) is 2. The summed E-state index contributed by atoms with van der Waals surface area (Å²) in [6, 6.07) is 17.4. The molecule has 4 rings (SSSR count). The smallest absolute Gasteiger partial charge is 0.338 e. The van der Waals surface area contributed by atoms with Crippen molar-refractivity contribution in [1.82, 2.24) is 4.90 Å². The van der Waals surface area contributed by atoms with Gasteiger partial charge in [0, 0.05) is 17.8 Å². The molecule has 0 aromatic heterocycles. The molecule has 0 radical (unpaired) electrons. The highest BCUT2D eigenvalue weighted by Gasteiger charge is 2.44. The molecule has 1 N–H and O–H groups in total. The number of halogens is 1. The van der Waals surface area contributed by atoms with Gasteiger partial charge in [0.05, 0.1) is 36.4 Å². The number of rotatable bonds is 10. The van der Waals surface area contributed by atoms with Crippen LogP contribution in [0.3, 0.4) is 0 Å². The van der Waals surface area contributed by atoms with E-state index in [0.717, 1.165) is 0 Å². The van der Waals surface area contributed by atoms with Gasteiger partial charge < -0.3 is 19.7 Å². The number of carbonyl (C=O) groups is 4. The summed E-state index contributed by atoms with van der Waals surface area (Å²) in [5, 5.41) is 2.82. The van der Waals surface area contributed by atoms with E-state index in [2.05, 4.69) is 5.32 Å². The number of nitrogens with one attached hydrogen (secondary N) is 1. The molecule has 1 fully saturated rings. The third-order valence-electron chi connectivity index (χ3n) is 6.31. The van der Waals surface area contributed by atoms with E-state index in [0.29, 0.717) is 28.1 Å². The Morgan fingerprint density at radius 3 is 2.00 bits per heavy atom. The van der Waals surface area contributed by atoms with Crippen molar-refractivity contribution in [2.45, 2.75) is 32.9 Å². The topological polar surface area (TPSA) is 105 Å². The van der Waals surface area contributed by atoms with E-state index in [-0.39, 0.29) is 31.3 Å². The second-order valence-electron chi connectivity index (χ2n) is 9.01. The number of hydrogen-bond donors (Lipinski definition) is 1. The maximum Gasteiger partial charge on any atom is 0.338 e. The Morgan fingerprint density at radius 1 is 0.878 bits per heavy atom. The fourth-order valence-corrected chi connectivity index (χ4v) is 4.70. The van der Waals surface area contributed by atoms with Crippen LogP contribution in [0.25, 0.3) is 0 Å². The van der Waals surface area contributed by atoms with E-state index in [4.69, 9.17) is 21.7 Å². The maximum atomic E-state index is 14.6. The molecule has 0 unspecified atom stereocenters. The van der Waals surface area contributed by atoms with Gasteiger partial charge in [-0.3, -0.25) is 14.5 Å². The fourth-order valence-electron chi connectivity index (χ4n) is 4.31. The predicted octanol–water partition coefficient (Wildman–Crippen LogP) is 4.71. The van der Waals surface area contributed by atoms with Crippen LogP contribution in [-0.4, -0.2) is 53.0 Å². The van der Waals surface area contributed by atoms with Crippen LogP contribution >= 0.6 is 12.2 Å². The van der Waals surface area contributed by atoms with Crippen LogP contribution in [-0.2, 0) is 25.6 Å². The van der Waals surface area contributed by atoms with Gasteiger partial charge in [-0.2, -0.15) is 0 Å². The molecule has 0 aliphatic carbocycles. The number of anilines is 2. The molecule has 9 nitrogen and oxygen atoms in total. The summed E-state index contributed by atoms with van der Waals surface area (Å²) >= 11 is 5.65. The van der Waals surface area contributed by atoms with Crippen LogP contribution in [0.1, 0.15) is 46.5 Å². The molecule has 41 heavy (non-hydrogen) atoms. The van der Waals surface area contributed by atoms with Crippen molar-refractivity contribution in [3.63, 3.8) is 0 Å². The fraction of sp³-hybridized carbons (Fsp3) is 0.233. The summed E-state index contributed by atoms with van der Waals surface area (Å²) in [5.74, 6) is -2.39. The van der Waals surface area contributed by atoms with Crippen molar-refractivity contribution in [2.75, 3.05) is 23.4 Å². The zero-order valence-electron chi connectivity index (χ0n) is 22.5. The Balaban J connectivity index is 1.56. The summed E-state index contributed by atoms with van der Waals surface area (Å²) in [5.41, 5.74) is 1.76. The van der Waals surface area contributed by atoms with Crippen LogP contribution in [0.5, 0.6) is 0 Å². The first kappa shape index (κ1) is 29.3. The van der Waals surface area contributed by atoms with E-state index in [1.165, 1.54) is 40.1 Å². The molecule has 0 saturated carbocycles. The number of thiocarbonyl (C=S) groups is 1. The number of hydrogen-bond acceptors (Lipinski definition) is 7. The van der Waals surface area contributed by atoms with E-state index >= 15 is 0 Å². The van der Waals surface area contributed by atoms with Crippen LogP contribution in [0.4, 0.5) is 15.8 Å². The number of carbonyl (C=O) groups excluding carboxylic acids is 4. The number of amides is 2. The predicted molar refractivity (Wildman–Crippen MR) is 154 cm³/mol. The molecule has 2 amide bonds. The van der Waals surface area contributed by atoms with Crippen molar-refractivity contribution in [2.24, 2.45) is 0 Å². The average molecular weight is 578 g/mol. The zero-order chi connectivity index (χ0) is 29.5. The molecule has 0 bridgehead atoms. The minimum Gasteiger partial charge on any atom is -0.462 e. The minimum absolute atomic E-state index is 0.0408. The summed E-state index contributed by atoms with van der Waals surface area (Å²) in [6.45, 7) is 3.83. The van der Waals surface area contributed by atoms with Gasteiger partial charge in [-0.15, -0.1) is 0 Å². The van der Waals surface area contributed by atoms with E-state index < -0.39 is 35.6 Å². The Labute approximate surface area is 241 Å². The highest BCUT2D eigenvalue weighted by molar-refractivity contribution is 7.80. The van der Waals surface area contributed by atoms with Crippen LogP contribution in [0.2, 0.25) is 0 Å². The largest absolute Gasteiger partial charge is 0.462 e. The molecular weight excluding hydrogens is 549 g/mol. The average Bonchev–Trinajstić information content (AvgIpc) is 3.18. The first-order valence-electron chi connectivity index (χ1n) is 13.0. The van der Waals surface area contributed by atoms with Gasteiger partial charge in [-0.05, 0) is 80.7 Å². The maximum absolute atomic E-state index is 14.6. The normalized spacial score (nSPS) is 14.7. The molecule has 1 aliphatic rings. The standard InChI is InChI=1S/C30H28FN3O6S/c1-3-39-28(37)19-9-13-22(14-10-19)32-26(35)17-25-27(36)34(23-15-11-20(12-16-23)29(38)40-4-2)30(41)33(25)18-21-7-5-6-8-24(21)31/h5-16,25H,3-4,17-18H2,1-2H3,(H,32,35)/t25-/m1/s1. The second kappa shape index (κ2) is 13.1. The van der Waals surface area contributed by atoms with Crippen LogP contribution in [0.15, 0.2) is 72.8 Å². The Morgan fingerprint density at radius 2 is 1.44 bits per heavy atom. The SMILES string of the molecule is CCOC(=O)c1ccc(NC(=O)C[C@@H]2C(=O)N(c3ccc(C(=O)OCC)cc3)C(=S)N2Cc2ccccc2F)cc1. The third kappa shape index (κ3) is 6.75. The van der Waals surface area contributed by atoms with Gasteiger partial charge in [-0.1, -0.05) is 18.2 Å². The lowest BCUT2D eigenvalue weighted by atomic mass is 10.1. The lowest BCUT2D eigenvalue weighted by Crippen LogP contribution is -2.37. The van der Waals surface area contributed by atoms with Crippen LogP contribution in [0, 0.1) is 5.82 Å². The monoisotopic (exact) mass is 577 g/mol. The van der Waals surface area contributed by atoms with E-state index in [9.17, 15) is 23.6 Å². The van der Waals surface area contributed by atoms with E-state index in [1.54, 1.807) is 56.3 Å². The van der Waals surface area contributed by atoms with Gasteiger partial charge in [0.25, 0.3) is 5.91 Å². The summed E-state index contributed by atoms with van der Waals surface area (Å²) in [4.78, 5) is 53.5. The summed E-state index contributed by atoms with van der Waals surface area (Å²) in [6.07, 6.45) is -0.273. The molecule has 1 aliphatic heterocycles. The first-order chi connectivity index (χ1) is 19.7. The van der Waals surface area contributed by atoms with Gasteiger partial charge in [0.2, 0.25) is 5.91 Å². The van der Waals surface area contributed by atoms with E-state index in [1.807, 2.05) is 0 Å². The molecule has 212 valence electrons. The molecule has 1 saturated heterocycles. The third-order valence-corrected chi connectivity index (χ3v) is 6.73. The molecular formula is C30H28FN3O6S. The highest BCUT2D eigenvalue weighted by atomic mass is 32.1. The molecule has 1 atom stereocenters. The van der Waals surface area contributed by atoms with Gasteiger partial charge in [-0.25, -0.2) is 14.0 Å². The van der Waals surface area contributed by atoms with Gasteiger partial charge in [0.1, 0.15) is 11.9 Å². The van der Waals surface area contributed by atoms with Crippen molar-refractivity contribution < 1.29 is 33.0 Å². The number of benzene rings is 3. The highest BCUT2D eigenvalue weighted by Crippen LogP contribution is 2.30. The number of ether oxygens (including phenoxy) is 2. The van der Waals surface area contributed by atoms with Gasteiger partial charge >= 0.3 is 11.9 Å².